The van der Waals surface area contributed by atoms with Gasteiger partial charge in [0.15, 0.2) is 0 Å². The molecule has 1 aliphatic heterocycles. The van der Waals surface area contributed by atoms with E-state index < -0.39 is 11.7 Å². The van der Waals surface area contributed by atoms with Crippen LogP contribution in [0.4, 0.5) is 18.9 Å². The Hall–Kier alpha value is -2.04. The Morgan fingerprint density at radius 1 is 1.29 bits per heavy atom. The van der Waals surface area contributed by atoms with Crippen molar-refractivity contribution in [3.8, 4) is 6.07 Å². The quantitative estimate of drug-likeness (QED) is 0.792. The third kappa shape index (κ3) is 3.40. The van der Waals surface area contributed by atoms with Crippen molar-refractivity contribution in [2.24, 2.45) is 0 Å². The van der Waals surface area contributed by atoms with Crippen LogP contribution in [0.25, 0.3) is 0 Å². The first-order valence-corrected chi connectivity index (χ1v) is 8.36. The molecule has 1 aliphatic rings. The summed E-state index contributed by atoms with van der Waals surface area (Å²) in [4.78, 5) is 1.93. The molecule has 24 heavy (non-hydrogen) atoms. The molecule has 2 atom stereocenters. The smallest absolute Gasteiger partial charge is 0.367 e. The van der Waals surface area contributed by atoms with Gasteiger partial charge in [-0.15, -0.1) is 0 Å². The van der Waals surface area contributed by atoms with Gasteiger partial charge in [-0.3, -0.25) is 0 Å². The fraction of sp³-hybridized carbons (Fsp3) is 0.353. The molecule has 3 rings (SSSR count). The average Bonchev–Trinajstić information content (AvgIpc) is 3.07. The van der Waals surface area contributed by atoms with Crippen LogP contribution in [0.1, 0.15) is 29.7 Å². The molecule has 0 bridgehead atoms. The second-order valence-electron chi connectivity index (χ2n) is 5.74. The van der Waals surface area contributed by atoms with Crippen LogP contribution >= 0.6 is 11.3 Å². The molecule has 0 N–H and O–H groups in total. The maximum atomic E-state index is 12.8. The Bertz CT molecular complexity index is 752. The molecule has 1 aromatic carbocycles. The van der Waals surface area contributed by atoms with Gasteiger partial charge >= 0.3 is 6.18 Å². The maximum Gasteiger partial charge on any atom is 0.416 e. The van der Waals surface area contributed by atoms with Gasteiger partial charge in [0.1, 0.15) is 12.2 Å². The van der Waals surface area contributed by atoms with Gasteiger partial charge in [-0.2, -0.15) is 29.8 Å². The monoisotopic (exact) mass is 352 g/mol. The molecule has 0 aliphatic carbocycles. The Labute approximate surface area is 141 Å². The normalized spacial score (nSPS) is 21.5. The van der Waals surface area contributed by atoms with Crippen molar-refractivity contribution >= 4 is 17.0 Å². The molecule has 0 saturated carbocycles. The number of morpholine rings is 1. The number of alkyl halides is 3. The minimum Gasteiger partial charge on any atom is -0.367 e. The number of thiophene rings is 1. The van der Waals surface area contributed by atoms with Gasteiger partial charge in [0.05, 0.1) is 22.9 Å². The number of hydrogen-bond acceptors (Lipinski definition) is 4. The number of anilines is 1. The molecule has 0 amide bonds. The number of rotatable bonds is 2. The lowest BCUT2D eigenvalue weighted by Gasteiger charge is -2.38. The van der Waals surface area contributed by atoms with Crippen molar-refractivity contribution in [2.45, 2.75) is 25.3 Å². The van der Waals surface area contributed by atoms with Crippen molar-refractivity contribution in [1.82, 2.24) is 0 Å². The number of benzene rings is 1. The maximum absolute atomic E-state index is 12.8. The summed E-state index contributed by atoms with van der Waals surface area (Å²) in [5.41, 5.74) is 0.782. The number of hydrogen-bond donors (Lipinski definition) is 0. The van der Waals surface area contributed by atoms with Crippen LogP contribution in [0.15, 0.2) is 35.0 Å². The summed E-state index contributed by atoms with van der Waals surface area (Å²) in [5, 5.41) is 13.2. The van der Waals surface area contributed by atoms with Gasteiger partial charge < -0.3 is 9.64 Å². The molecule has 2 heterocycles. The topological polar surface area (TPSA) is 36.3 Å². The fourth-order valence-electron chi connectivity index (χ4n) is 2.87. The summed E-state index contributed by atoms with van der Waals surface area (Å²) in [6.45, 7) is 2.95. The Balaban J connectivity index is 1.91. The molecule has 126 valence electrons. The van der Waals surface area contributed by atoms with Gasteiger partial charge in [-0.05, 0) is 47.5 Å². The van der Waals surface area contributed by atoms with Crippen LogP contribution < -0.4 is 4.90 Å². The fourth-order valence-corrected chi connectivity index (χ4v) is 3.57. The van der Waals surface area contributed by atoms with E-state index in [1.54, 1.807) is 11.3 Å². The van der Waals surface area contributed by atoms with Crippen molar-refractivity contribution in [3.05, 3.63) is 51.7 Å². The highest BCUT2D eigenvalue weighted by Crippen LogP contribution is 2.35. The van der Waals surface area contributed by atoms with E-state index >= 15 is 0 Å². The predicted molar refractivity (Wildman–Crippen MR) is 86.0 cm³/mol. The van der Waals surface area contributed by atoms with E-state index in [1.807, 2.05) is 34.7 Å². The minimum atomic E-state index is -4.46. The SMILES string of the molecule is CC1CN(c2ccc(C(F)(F)F)cc2C#N)CC(c2ccsc2)O1. The summed E-state index contributed by atoms with van der Waals surface area (Å²) in [6.07, 6.45) is -4.70. The third-order valence-electron chi connectivity index (χ3n) is 3.96. The van der Waals surface area contributed by atoms with Crippen LogP contribution in [0, 0.1) is 11.3 Å². The number of ether oxygens (including phenoxy) is 1. The second kappa shape index (κ2) is 6.46. The zero-order valence-electron chi connectivity index (χ0n) is 12.9. The minimum absolute atomic E-state index is 0.0305. The molecule has 7 heteroatoms. The van der Waals surface area contributed by atoms with Crippen LogP contribution in [-0.4, -0.2) is 19.2 Å². The van der Waals surface area contributed by atoms with Crippen molar-refractivity contribution in [2.75, 3.05) is 18.0 Å². The van der Waals surface area contributed by atoms with Gasteiger partial charge in [0.2, 0.25) is 0 Å². The van der Waals surface area contributed by atoms with Crippen LogP contribution in [0.5, 0.6) is 0 Å². The predicted octanol–water partition coefficient (Wildman–Crippen LogP) is 4.60. The Kier molecular flexibility index (Phi) is 4.52. The largest absolute Gasteiger partial charge is 0.416 e. The molecule has 1 aromatic heterocycles. The molecule has 2 aromatic rings. The molecule has 2 unspecified atom stereocenters. The lowest BCUT2D eigenvalue weighted by atomic mass is 10.0. The Morgan fingerprint density at radius 2 is 2.08 bits per heavy atom. The van der Waals surface area contributed by atoms with Crippen molar-refractivity contribution in [3.63, 3.8) is 0 Å². The summed E-state index contributed by atoms with van der Waals surface area (Å²) >= 11 is 1.57. The molecule has 1 saturated heterocycles. The zero-order valence-corrected chi connectivity index (χ0v) is 13.7. The van der Waals surface area contributed by atoms with Crippen molar-refractivity contribution < 1.29 is 17.9 Å². The molecular formula is C17H15F3N2OS. The lowest BCUT2D eigenvalue weighted by Crippen LogP contribution is -2.43. The van der Waals surface area contributed by atoms with E-state index in [2.05, 4.69) is 0 Å². The highest BCUT2D eigenvalue weighted by Gasteiger charge is 2.33. The summed E-state index contributed by atoms with van der Waals surface area (Å²) in [6, 6.07) is 7.18. The first-order valence-electron chi connectivity index (χ1n) is 7.42. The Morgan fingerprint density at radius 3 is 2.71 bits per heavy atom. The molecule has 3 nitrogen and oxygen atoms in total. The van der Waals surface area contributed by atoms with Crippen LogP contribution in [0.2, 0.25) is 0 Å². The van der Waals surface area contributed by atoms with Crippen LogP contribution in [0.3, 0.4) is 0 Å². The van der Waals surface area contributed by atoms with E-state index in [0.717, 1.165) is 17.7 Å². The standard InChI is InChI=1S/C17H15F3N2OS/c1-11-8-22(9-16(23-11)12-4-5-24-10-12)15-3-2-14(17(18,19)20)6-13(15)7-21/h2-6,10-11,16H,8-9H2,1H3. The summed E-state index contributed by atoms with van der Waals surface area (Å²) < 4.78 is 44.5. The van der Waals surface area contributed by atoms with Gasteiger partial charge in [0, 0.05) is 13.1 Å². The van der Waals surface area contributed by atoms with E-state index in [1.165, 1.54) is 6.07 Å². The van der Waals surface area contributed by atoms with Crippen LogP contribution in [-0.2, 0) is 10.9 Å². The first-order chi connectivity index (χ1) is 11.4. The number of halogens is 3. The van der Waals surface area contributed by atoms with E-state index in [0.29, 0.717) is 18.8 Å². The highest BCUT2D eigenvalue weighted by atomic mass is 32.1. The molecule has 0 spiro atoms. The molecule has 0 radical (unpaired) electrons. The van der Waals surface area contributed by atoms with Crippen molar-refractivity contribution in [1.29, 1.82) is 5.26 Å². The molecule has 1 fully saturated rings. The van der Waals surface area contributed by atoms with Gasteiger partial charge in [0.25, 0.3) is 0 Å². The highest BCUT2D eigenvalue weighted by molar-refractivity contribution is 7.07. The van der Waals surface area contributed by atoms with E-state index in [9.17, 15) is 18.4 Å². The number of nitriles is 1. The third-order valence-corrected chi connectivity index (χ3v) is 4.66. The van der Waals surface area contributed by atoms with E-state index in [-0.39, 0.29) is 17.8 Å². The second-order valence-corrected chi connectivity index (χ2v) is 6.52. The first kappa shape index (κ1) is 16.8. The van der Waals surface area contributed by atoms with E-state index in [4.69, 9.17) is 4.74 Å². The number of nitrogens with zero attached hydrogens (tertiary/aromatic N) is 2. The lowest BCUT2D eigenvalue weighted by molar-refractivity contribution is -0.137. The van der Waals surface area contributed by atoms with Gasteiger partial charge in [-0.25, -0.2) is 0 Å². The summed E-state index contributed by atoms with van der Waals surface area (Å²) in [5.74, 6) is 0. The molecular weight excluding hydrogens is 337 g/mol. The van der Waals surface area contributed by atoms with Gasteiger partial charge in [-0.1, -0.05) is 0 Å². The zero-order chi connectivity index (χ0) is 17.3. The average molecular weight is 352 g/mol. The summed E-state index contributed by atoms with van der Waals surface area (Å²) in [7, 11) is 0.